The first-order valence-electron chi connectivity index (χ1n) is 7.63. The van der Waals surface area contributed by atoms with E-state index in [0.29, 0.717) is 22.7 Å². The second-order valence-electron chi connectivity index (χ2n) is 5.94. The lowest BCUT2D eigenvalue weighted by atomic mass is 9.98. The highest BCUT2D eigenvalue weighted by molar-refractivity contribution is 5.99. The standard InChI is InChI=1S/C17H20N2O3/c1-12-8-10-19(11-9-12)16(20)15-14(17(21)22-18(15)2)13-6-4-3-5-7-13/h3-7,12H,8-11H2,1-2H3. The Kier molecular flexibility index (Phi) is 3.88. The Morgan fingerprint density at radius 3 is 2.45 bits per heavy atom. The van der Waals surface area contributed by atoms with Crippen molar-refractivity contribution in [3.05, 3.63) is 46.4 Å². The molecule has 1 saturated heterocycles. The second-order valence-corrected chi connectivity index (χ2v) is 5.94. The third kappa shape index (κ3) is 2.58. The predicted molar refractivity (Wildman–Crippen MR) is 83.7 cm³/mol. The number of aromatic nitrogens is 1. The quantitative estimate of drug-likeness (QED) is 0.856. The molecule has 0 radical (unpaired) electrons. The van der Waals surface area contributed by atoms with Crippen molar-refractivity contribution in [1.82, 2.24) is 9.64 Å². The molecule has 116 valence electrons. The van der Waals surface area contributed by atoms with Gasteiger partial charge in [0, 0.05) is 20.1 Å². The van der Waals surface area contributed by atoms with E-state index < -0.39 is 5.63 Å². The lowest BCUT2D eigenvalue weighted by Crippen LogP contribution is -2.39. The van der Waals surface area contributed by atoms with E-state index in [1.165, 1.54) is 4.74 Å². The van der Waals surface area contributed by atoms with Crippen LogP contribution in [0.4, 0.5) is 0 Å². The SMILES string of the molecule is CC1CCN(C(=O)c2c(-c3ccccc3)c(=O)on2C)CC1. The van der Waals surface area contributed by atoms with Crippen LogP contribution < -0.4 is 5.63 Å². The summed E-state index contributed by atoms with van der Waals surface area (Å²) in [7, 11) is 1.60. The Hall–Kier alpha value is -2.30. The summed E-state index contributed by atoms with van der Waals surface area (Å²) < 4.78 is 6.44. The van der Waals surface area contributed by atoms with Gasteiger partial charge in [0.05, 0.1) is 0 Å². The minimum atomic E-state index is -0.470. The number of amides is 1. The van der Waals surface area contributed by atoms with Crippen molar-refractivity contribution in [2.24, 2.45) is 13.0 Å². The molecule has 0 aliphatic carbocycles. The number of piperidine rings is 1. The number of carbonyl (C=O) groups is 1. The van der Waals surface area contributed by atoms with E-state index in [4.69, 9.17) is 4.52 Å². The first kappa shape index (κ1) is 14.6. The molecule has 1 fully saturated rings. The van der Waals surface area contributed by atoms with E-state index in [9.17, 15) is 9.59 Å². The van der Waals surface area contributed by atoms with Crippen LogP contribution >= 0.6 is 0 Å². The molecule has 0 saturated carbocycles. The molecule has 0 bridgehead atoms. The van der Waals surface area contributed by atoms with E-state index in [0.717, 1.165) is 25.9 Å². The van der Waals surface area contributed by atoms with Crippen LogP contribution in [0, 0.1) is 5.92 Å². The van der Waals surface area contributed by atoms with Gasteiger partial charge in [-0.05, 0) is 24.3 Å². The molecule has 3 rings (SSSR count). The number of rotatable bonds is 2. The molecule has 1 amide bonds. The zero-order valence-electron chi connectivity index (χ0n) is 12.9. The maximum Gasteiger partial charge on any atom is 0.366 e. The van der Waals surface area contributed by atoms with Gasteiger partial charge < -0.3 is 9.42 Å². The fraction of sp³-hybridized carbons (Fsp3) is 0.412. The first-order valence-corrected chi connectivity index (χ1v) is 7.63. The Morgan fingerprint density at radius 2 is 1.82 bits per heavy atom. The van der Waals surface area contributed by atoms with Crippen LogP contribution in [0.5, 0.6) is 0 Å². The number of carbonyl (C=O) groups excluding carboxylic acids is 1. The van der Waals surface area contributed by atoms with Gasteiger partial charge >= 0.3 is 5.63 Å². The summed E-state index contributed by atoms with van der Waals surface area (Å²) in [6, 6.07) is 9.21. The number of aryl methyl sites for hydroxylation is 1. The summed E-state index contributed by atoms with van der Waals surface area (Å²) in [6.45, 7) is 3.66. The van der Waals surface area contributed by atoms with Crippen LogP contribution in [0.15, 0.2) is 39.6 Å². The lowest BCUT2D eigenvalue weighted by molar-refractivity contribution is 0.0675. The molecule has 5 heteroatoms. The van der Waals surface area contributed by atoms with Gasteiger partial charge in [0.1, 0.15) is 5.56 Å². The zero-order chi connectivity index (χ0) is 15.7. The monoisotopic (exact) mass is 300 g/mol. The van der Waals surface area contributed by atoms with Gasteiger partial charge in [0.25, 0.3) is 5.91 Å². The van der Waals surface area contributed by atoms with Crippen LogP contribution in [0.2, 0.25) is 0 Å². The van der Waals surface area contributed by atoms with Crippen molar-refractivity contribution in [2.75, 3.05) is 13.1 Å². The average Bonchev–Trinajstić information content (AvgIpc) is 2.82. The van der Waals surface area contributed by atoms with Gasteiger partial charge in [-0.3, -0.25) is 4.79 Å². The van der Waals surface area contributed by atoms with Gasteiger partial charge in [0.2, 0.25) is 0 Å². The predicted octanol–water partition coefficient (Wildman–Crippen LogP) is 2.52. The highest BCUT2D eigenvalue weighted by Crippen LogP contribution is 2.24. The minimum Gasteiger partial charge on any atom is -0.337 e. The third-order valence-electron chi connectivity index (χ3n) is 4.31. The Balaban J connectivity index is 2.00. The molecule has 0 spiro atoms. The zero-order valence-corrected chi connectivity index (χ0v) is 12.9. The number of hydrogen-bond acceptors (Lipinski definition) is 3. The maximum absolute atomic E-state index is 12.8. The highest BCUT2D eigenvalue weighted by Gasteiger charge is 2.29. The van der Waals surface area contributed by atoms with E-state index in [1.807, 2.05) is 35.2 Å². The molecule has 1 aliphatic heterocycles. The summed E-state index contributed by atoms with van der Waals surface area (Å²) in [4.78, 5) is 26.8. The molecule has 0 unspecified atom stereocenters. The van der Waals surface area contributed by atoms with Gasteiger partial charge in [-0.25, -0.2) is 9.53 Å². The second kappa shape index (κ2) is 5.83. The molecule has 1 aromatic heterocycles. The van der Waals surface area contributed by atoms with Crippen molar-refractivity contribution in [1.29, 1.82) is 0 Å². The van der Waals surface area contributed by atoms with Crippen molar-refractivity contribution >= 4 is 5.91 Å². The summed E-state index contributed by atoms with van der Waals surface area (Å²) >= 11 is 0. The van der Waals surface area contributed by atoms with E-state index in [-0.39, 0.29) is 5.91 Å². The summed E-state index contributed by atoms with van der Waals surface area (Å²) in [6.07, 6.45) is 2.00. The van der Waals surface area contributed by atoms with Gasteiger partial charge in [-0.1, -0.05) is 37.3 Å². The van der Waals surface area contributed by atoms with Crippen LogP contribution in [-0.2, 0) is 7.05 Å². The lowest BCUT2D eigenvalue weighted by Gasteiger charge is -2.30. The largest absolute Gasteiger partial charge is 0.366 e. The molecule has 0 N–H and O–H groups in total. The van der Waals surface area contributed by atoms with Crippen LogP contribution in [0.1, 0.15) is 30.3 Å². The smallest absolute Gasteiger partial charge is 0.337 e. The Bertz CT molecular complexity index is 722. The summed E-state index contributed by atoms with van der Waals surface area (Å²) in [5.74, 6) is 0.518. The molecule has 2 aromatic rings. The molecular formula is C17H20N2O3. The minimum absolute atomic E-state index is 0.126. The maximum atomic E-state index is 12.8. The molecule has 0 atom stereocenters. The van der Waals surface area contributed by atoms with Crippen molar-refractivity contribution < 1.29 is 9.32 Å². The van der Waals surface area contributed by atoms with Crippen molar-refractivity contribution in [2.45, 2.75) is 19.8 Å². The molecule has 1 aliphatic rings. The molecule has 1 aromatic carbocycles. The Morgan fingerprint density at radius 1 is 1.18 bits per heavy atom. The first-order chi connectivity index (χ1) is 10.6. The van der Waals surface area contributed by atoms with E-state index in [1.54, 1.807) is 7.05 Å². The fourth-order valence-electron chi connectivity index (χ4n) is 2.93. The van der Waals surface area contributed by atoms with Gasteiger partial charge in [0.15, 0.2) is 5.69 Å². The molecule has 5 nitrogen and oxygen atoms in total. The third-order valence-corrected chi connectivity index (χ3v) is 4.31. The number of likely N-dealkylation sites (tertiary alicyclic amines) is 1. The van der Waals surface area contributed by atoms with Crippen molar-refractivity contribution in [3.63, 3.8) is 0 Å². The Labute approximate surface area is 129 Å². The van der Waals surface area contributed by atoms with Gasteiger partial charge in [-0.15, -0.1) is 0 Å². The topological polar surface area (TPSA) is 55.5 Å². The molecular weight excluding hydrogens is 280 g/mol. The summed E-state index contributed by atoms with van der Waals surface area (Å²) in [5.41, 5.74) is 0.936. The highest BCUT2D eigenvalue weighted by atomic mass is 16.5. The van der Waals surface area contributed by atoms with E-state index in [2.05, 4.69) is 6.92 Å². The van der Waals surface area contributed by atoms with E-state index >= 15 is 0 Å². The molecule has 2 heterocycles. The van der Waals surface area contributed by atoms with Gasteiger partial charge in [-0.2, -0.15) is 0 Å². The molecule has 22 heavy (non-hydrogen) atoms. The van der Waals surface area contributed by atoms with Crippen LogP contribution in [0.3, 0.4) is 0 Å². The normalized spacial score (nSPS) is 16.0. The number of benzene rings is 1. The van der Waals surface area contributed by atoms with Crippen LogP contribution in [0.25, 0.3) is 11.1 Å². The van der Waals surface area contributed by atoms with Crippen LogP contribution in [-0.4, -0.2) is 28.6 Å². The number of nitrogens with zero attached hydrogens (tertiary/aromatic N) is 2. The fourth-order valence-corrected chi connectivity index (χ4v) is 2.93. The summed E-state index contributed by atoms with van der Waals surface area (Å²) in [5, 5.41) is 0. The van der Waals surface area contributed by atoms with Crippen molar-refractivity contribution in [3.8, 4) is 11.1 Å². The average molecular weight is 300 g/mol. The number of hydrogen-bond donors (Lipinski definition) is 0.